The number of hydrogen-bond donors (Lipinski definition) is 0. The molecule has 6 nitrogen and oxygen atoms in total. The zero-order chi connectivity index (χ0) is 23.7. The van der Waals surface area contributed by atoms with E-state index >= 15 is 0 Å². The molecule has 34 heavy (non-hydrogen) atoms. The number of pyridine rings is 2. The molecule has 3 aromatic rings. The molecule has 0 aliphatic carbocycles. The van der Waals surface area contributed by atoms with Crippen molar-refractivity contribution in [3.05, 3.63) is 76.2 Å². The molecule has 1 saturated heterocycles. The first-order valence-corrected chi connectivity index (χ1v) is 12.0. The van der Waals surface area contributed by atoms with Gasteiger partial charge in [0.05, 0.1) is 23.9 Å². The highest BCUT2D eigenvalue weighted by atomic mass is 16.5. The third-order valence-corrected chi connectivity index (χ3v) is 6.95. The summed E-state index contributed by atoms with van der Waals surface area (Å²) in [6.45, 7) is 8.63. The van der Waals surface area contributed by atoms with Crippen LogP contribution in [0, 0.1) is 20.8 Å². The first-order chi connectivity index (χ1) is 16.5. The van der Waals surface area contributed by atoms with Gasteiger partial charge in [0.25, 0.3) is 5.91 Å². The molecule has 176 valence electrons. The number of nitrogens with zero attached hydrogens (tertiary/aromatic N) is 3. The molecule has 4 heterocycles. The Morgan fingerprint density at radius 1 is 1.03 bits per heavy atom. The van der Waals surface area contributed by atoms with Gasteiger partial charge in [0.1, 0.15) is 12.4 Å². The smallest absolute Gasteiger partial charge is 0.257 e. The second-order valence-electron chi connectivity index (χ2n) is 9.31. The Labute approximate surface area is 201 Å². The fraction of sp³-hybridized carbons (Fsp3) is 0.393. The second-order valence-corrected chi connectivity index (χ2v) is 9.31. The molecule has 0 radical (unpaired) electrons. The minimum Gasteiger partial charge on any atom is -0.491 e. The first-order valence-electron chi connectivity index (χ1n) is 12.0. The predicted molar refractivity (Wildman–Crippen MR) is 131 cm³/mol. The van der Waals surface area contributed by atoms with E-state index in [1.165, 1.54) is 0 Å². The van der Waals surface area contributed by atoms with Crippen LogP contribution in [0.2, 0.25) is 0 Å². The van der Waals surface area contributed by atoms with E-state index in [4.69, 9.17) is 9.47 Å². The van der Waals surface area contributed by atoms with Crippen LogP contribution >= 0.6 is 0 Å². The van der Waals surface area contributed by atoms with Crippen molar-refractivity contribution < 1.29 is 14.3 Å². The third-order valence-electron chi connectivity index (χ3n) is 6.95. The summed E-state index contributed by atoms with van der Waals surface area (Å²) in [4.78, 5) is 24.4. The first kappa shape index (κ1) is 22.5. The molecule has 1 fully saturated rings. The normalized spacial score (nSPS) is 17.9. The SMILES string of the molecule is Cc1ccc(-c2ccc(Cc3cc4c(c(C)c3C)OCCN(C[C@@H]3CCCO3)C4=O)cn2)cn1. The average Bonchev–Trinajstić information content (AvgIpc) is 3.31. The predicted octanol–water partition coefficient (Wildman–Crippen LogP) is 4.67. The van der Waals surface area contributed by atoms with Crippen molar-refractivity contribution in [2.45, 2.75) is 46.1 Å². The van der Waals surface area contributed by atoms with Crippen molar-refractivity contribution in [3.8, 4) is 17.0 Å². The van der Waals surface area contributed by atoms with E-state index in [-0.39, 0.29) is 12.0 Å². The fourth-order valence-corrected chi connectivity index (χ4v) is 4.77. The number of rotatable bonds is 5. The van der Waals surface area contributed by atoms with Gasteiger partial charge in [-0.15, -0.1) is 0 Å². The van der Waals surface area contributed by atoms with E-state index in [9.17, 15) is 4.79 Å². The molecule has 1 amide bonds. The molecule has 0 N–H and O–H groups in total. The van der Waals surface area contributed by atoms with Crippen molar-refractivity contribution in [2.24, 2.45) is 0 Å². The van der Waals surface area contributed by atoms with E-state index in [0.29, 0.717) is 31.7 Å². The lowest BCUT2D eigenvalue weighted by atomic mass is 9.93. The van der Waals surface area contributed by atoms with Crippen molar-refractivity contribution in [2.75, 3.05) is 26.3 Å². The molecule has 0 saturated carbocycles. The summed E-state index contributed by atoms with van der Waals surface area (Å²) in [5.41, 5.74) is 7.97. The van der Waals surface area contributed by atoms with Crippen molar-refractivity contribution in [1.29, 1.82) is 0 Å². The maximum atomic E-state index is 13.5. The molecule has 6 heteroatoms. The Morgan fingerprint density at radius 3 is 2.62 bits per heavy atom. The van der Waals surface area contributed by atoms with Crippen LogP contribution in [0.1, 0.15) is 51.1 Å². The Balaban J connectivity index is 1.40. The number of carbonyl (C=O) groups is 1. The number of carbonyl (C=O) groups excluding carboxylic acids is 1. The zero-order valence-electron chi connectivity index (χ0n) is 20.1. The highest BCUT2D eigenvalue weighted by Gasteiger charge is 2.29. The molecule has 0 bridgehead atoms. The number of aromatic nitrogens is 2. The quantitative estimate of drug-likeness (QED) is 0.557. The van der Waals surface area contributed by atoms with Crippen LogP contribution < -0.4 is 4.74 Å². The number of fused-ring (bicyclic) bond motifs is 1. The lowest BCUT2D eigenvalue weighted by molar-refractivity contribution is 0.0519. The van der Waals surface area contributed by atoms with Gasteiger partial charge in [-0.05, 0) is 86.6 Å². The van der Waals surface area contributed by atoms with Gasteiger partial charge in [0, 0.05) is 36.8 Å². The van der Waals surface area contributed by atoms with Crippen molar-refractivity contribution in [3.63, 3.8) is 0 Å². The van der Waals surface area contributed by atoms with Gasteiger partial charge in [0.2, 0.25) is 0 Å². The van der Waals surface area contributed by atoms with E-state index < -0.39 is 0 Å². The molecule has 0 unspecified atom stereocenters. The summed E-state index contributed by atoms with van der Waals surface area (Å²) in [6, 6.07) is 10.2. The van der Waals surface area contributed by atoms with Crippen LogP contribution in [0.3, 0.4) is 0 Å². The lowest BCUT2D eigenvalue weighted by Gasteiger charge is -2.23. The molecule has 2 aliphatic rings. The summed E-state index contributed by atoms with van der Waals surface area (Å²) >= 11 is 0. The summed E-state index contributed by atoms with van der Waals surface area (Å²) in [5.74, 6) is 0.758. The minimum atomic E-state index is 0.0349. The molecule has 1 atom stereocenters. The highest BCUT2D eigenvalue weighted by Crippen LogP contribution is 2.33. The van der Waals surface area contributed by atoms with Crippen LogP contribution in [0.4, 0.5) is 0 Å². The number of ether oxygens (including phenoxy) is 2. The largest absolute Gasteiger partial charge is 0.491 e. The van der Waals surface area contributed by atoms with E-state index in [2.05, 4.69) is 23.0 Å². The third kappa shape index (κ3) is 4.55. The molecular weight excluding hydrogens is 426 g/mol. The lowest BCUT2D eigenvalue weighted by Crippen LogP contribution is -2.38. The van der Waals surface area contributed by atoms with E-state index in [1.54, 1.807) is 0 Å². The van der Waals surface area contributed by atoms with E-state index in [0.717, 1.165) is 64.4 Å². The zero-order valence-corrected chi connectivity index (χ0v) is 20.1. The van der Waals surface area contributed by atoms with Gasteiger partial charge in [-0.1, -0.05) is 6.07 Å². The maximum absolute atomic E-state index is 13.5. The summed E-state index contributed by atoms with van der Waals surface area (Å²) in [5, 5.41) is 0. The van der Waals surface area contributed by atoms with Crippen molar-refractivity contribution in [1.82, 2.24) is 14.9 Å². The van der Waals surface area contributed by atoms with Crippen LogP contribution in [0.25, 0.3) is 11.3 Å². The Kier molecular flexibility index (Phi) is 6.33. The molecule has 2 aliphatic heterocycles. The fourth-order valence-electron chi connectivity index (χ4n) is 4.77. The van der Waals surface area contributed by atoms with Gasteiger partial charge in [-0.2, -0.15) is 0 Å². The highest BCUT2D eigenvalue weighted by molar-refractivity contribution is 5.98. The van der Waals surface area contributed by atoms with Gasteiger partial charge in [-0.25, -0.2) is 0 Å². The second kappa shape index (κ2) is 9.55. The molecule has 0 spiro atoms. The number of hydrogen-bond acceptors (Lipinski definition) is 5. The molecule has 1 aromatic carbocycles. The van der Waals surface area contributed by atoms with Crippen LogP contribution in [0.5, 0.6) is 5.75 Å². The number of aryl methyl sites for hydroxylation is 1. The monoisotopic (exact) mass is 457 g/mol. The molecule has 5 rings (SSSR count). The molecule has 2 aromatic heterocycles. The summed E-state index contributed by atoms with van der Waals surface area (Å²) in [7, 11) is 0. The Morgan fingerprint density at radius 2 is 1.91 bits per heavy atom. The number of benzene rings is 1. The van der Waals surface area contributed by atoms with Crippen molar-refractivity contribution >= 4 is 5.91 Å². The summed E-state index contributed by atoms with van der Waals surface area (Å²) in [6.07, 6.45) is 6.68. The van der Waals surface area contributed by atoms with Crippen LogP contribution in [-0.2, 0) is 11.2 Å². The summed E-state index contributed by atoms with van der Waals surface area (Å²) < 4.78 is 11.9. The van der Waals surface area contributed by atoms with Gasteiger partial charge >= 0.3 is 0 Å². The van der Waals surface area contributed by atoms with Gasteiger partial charge in [-0.3, -0.25) is 14.8 Å². The van der Waals surface area contributed by atoms with Crippen LogP contribution in [0.15, 0.2) is 42.7 Å². The Bertz CT molecular complexity index is 1180. The Hall–Kier alpha value is -3.25. The van der Waals surface area contributed by atoms with Gasteiger partial charge < -0.3 is 14.4 Å². The molecular formula is C28H31N3O3. The average molecular weight is 458 g/mol. The topological polar surface area (TPSA) is 64.6 Å². The standard InChI is InChI=1S/C28H31N3O3/c1-18-6-8-22(16-29-18)26-9-7-21(15-30-26)13-23-14-25-27(20(3)19(23)2)34-12-10-31(28(25)32)17-24-5-4-11-33-24/h6-9,14-16,24H,4-5,10-13,17H2,1-3H3/t24-/m0/s1. The van der Waals surface area contributed by atoms with Crippen LogP contribution in [-0.4, -0.2) is 53.2 Å². The van der Waals surface area contributed by atoms with Gasteiger partial charge in [0.15, 0.2) is 0 Å². The minimum absolute atomic E-state index is 0.0349. The maximum Gasteiger partial charge on any atom is 0.257 e. The number of amides is 1. The van der Waals surface area contributed by atoms with E-state index in [1.807, 2.05) is 55.4 Å².